The van der Waals surface area contributed by atoms with Gasteiger partial charge >= 0.3 is 11.9 Å². The fourth-order valence-corrected chi connectivity index (χ4v) is 11.5. The average molecular weight is 865 g/mol. The van der Waals surface area contributed by atoms with E-state index in [-0.39, 0.29) is 49.6 Å². The fourth-order valence-electron chi connectivity index (χ4n) is 11.5. The van der Waals surface area contributed by atoms with Crippen LogP contribution in [0.25, 0.3) is 0 Å². The number of hydrogen-bond donors (Lipinski definition) is 0. The van der Waals surface area contributed by atoms with E-state index in [2.05, 4.69) is 6.92 Å². The number of rotatable bonds is 14. The van der Waals surface area contributed by atoms with Crippen molar-refractivity contribution in [2.45, 2.75) is 94.9 Å². The van der Waals surface area contributed by atoms with E-state index in [0.717, 1.165) is 27.8 Å². The molecule has 2 saturated carbocycles. The van der Waals surface area contributed by atoms with Gasteiger partial charge in [-0.2, -0.15) is 0 Å². The number of ether oxygens (including phenoxy) is 9. The molecule has 5 aromatic carbocycles. The van der Waals surface area contributed by atoms with Crippen LogP contribution < -0.4 is 4.74 Å². The van der Waals surface area contributed by atoms with Gasteiger partial charge in [-0.15, -0.1) is 0 Å². The Morgan fingerprint density at radius 3 is 1.81 bits per heavy atom. The molecule has 11 nitrogen and oxygen atoms in total. The van der Waals surface area contributed by atoms with Gasteiger partial charge in [0.05, 0.1) is 38.4 Å². The predicted octanol–water partition coefficient (Wildman–Crippen LogP) is 7.94. The SMILES string of the molecule is C[C@H]1C[C@@H]2OC(=O)[C@@]34[C@@H]2[C@@H]1[C@@H]1OC2OC(COCc5ccccc5)C(OCc5ccccc5)C(OCc5ccccc5)C2OC(=O)[C@@H]([C@H]3O1)[C@H]4c1ccc(OCc2ccccc2)cc1. The highest BCUT2D eigenvalue weighted by molar-refractivity contribution is 5.90. The molecule has 0 aromatic heterocycles. The van der Waals surface area contributed by atoms with E-state index in [1.54, 1.807) is 0 Å². The summed E-state index contributed by atoms with van der Waals surface area (Å²) >= 11 is 0. The third-order valence-corrected chi connectivity index (χ3v) is 14.3. The molecule has 330 valence electrons. The van der Waals surface area contributed by atoms with E-state index >= 15 is 4.79 Å². The van der Waals surface area contributed by atoms with Crippen LogP contribution >= 0.6 is 0 Å². The van der Waals surface area contributed by atoms with Gasteiger partial charge in [0.1, 0.15) is 42.2 Å². The molecule has 4 saturated heterocycles. The number of fused-ring (bicyclic) bond motifs is 3. The molecule has 0 N–H and O–H groups in total. The lowest BCUT2D eigenvalue weighted by atomic mass is 9.43. The molecule has 2 bridgehead atoms. The normalized spacial score (nSPS) is 34.5. The minimum Gasteiger partial charge on any atom is -0.489 e. The van der Waals surface area contributed by atoms with Crippen molar-refractivity contribution in [3.8, 4) is 5.75 Å². The number of carbonyl (C=O) groups excluding carboxylic acids is 2. The first-order valence-corrected chi connectivity index (χ1v) is 22.5. The Labute approximate surface area is 372 Å². The molecule has 1 spiro atoms. The summed E-state index contributed by atoms with van der Waals surface area (Å²) in [7, 11) is 0. The molecule has 2 aliphatic carbocycles. The van der Waals surface area contributed by atoms with Crippen molar-refractivity contribution >= 4 is 11.9 Å². The van der Waals surface area contributed by atoms with Crippen molar-refractivity contribution in [1.82, 2.24) is 0 Å². The van der Waals surface area contributed by atoms with Crippen molar-refractivity contribution in [2.24, 2.45) is 29.1 Å². The standard InChI is InChI=1S/C53H52O11/c1-32-26-39-44-41(32)50-63-48-42(43(53(44,48)52(55)61-39)37-22-24-38(25-23-37)57-28-34-16-8-3-9-17-34)49(54)62-47-46(59-30-36-20-12-5-13-21-36)45(58-29-35-18-10-4-11-19-35)40(60-51(47)64-50)31-56-27-33-14-6-2-7-15-33/h2-25,32,39-48,50-51H,26-31H2,1H3/t32-,39-,40?,41+,42+,43+,44-,45?,46?,47?,48+,50-,51?,53-/m0/s1. The van der Waals surface area contributed by atoms with Crippen molar-refractivity contribution in [2.75, 3.05) is 6.61 Å². The number of carbonyl (C=O) groups is 2. The second kappa shape index (κ2) is 17.5. The average Bonchev–Trinajstić information content (AvgIpc) is 3.81. The first-order chi connectivity index (χ1) is 31.5. The Morgan fingerprint density at radius 1 is 0.609 bits per heavy atom. The van der Waals surface area contributed by atoms with Gasteiger partial charge in [-0.05, 0) is 52.3 Å². The van der Waals surface area contributed by atoms with Crippen molar-refractivity contribution in [3.63, 3.8) is 0 Å². The topological polar surface area (TPSA) is 117 Å². The Kier molecular flexibility index (Phi) is 11.3. The molecule has 5 aromatic rings. The number of benzene rings is 5. The van der Waals surface area contributed by atoms with Crippen molar-refractivity contribution in [1.29, 1.82) is 0 Å². The molecule has 11 rings (SSSR count). The highest BCUT2D eigenvalue weighted by atomic mass is 16.8. The fraction of sp³-hybridized carbons (Fsp3) is 0.396. The number of esters is 2. The largest absolute Gasteiger partial charge is 0.489 e. The summed E-state index contributed by atoms with van der Waals surface area (Å²) < 4.78 is 60.1. The second-order valence-corrected chi connectivity index (χ2v) is 18.1. The molecule has 6 fully saturated rings. The summed E-state index contributed by atoms with van der Waals surface area (Å²) in [5.41, 5.74) is 3.67. The van der Waals surface area contributed by atoms with Crippen LogP contribution in [-0.4, -0.2) is 67.7 Å². The zero-order chi connectivity index (χ0) is 43.2. The van der Waals surface area contributed by atoms with E-state index in [9.17, 15) is 4.79 Å². The van der Waals surface area contributed by atoms with Crippen LogP contribution in [0.4, 0.5) is 0 Å². The zero-order valence-electron chi connectivity index (χ0n) is 35.6. The van der Waals surface area contributed by atoms with Crippen LogP contribution in [0.5, 0.6) is 5.75 Å². The summed E-state index contributed by atoms with van der Waals surface area (Å²) in [6, 6.07) is 47.4. The minimum atomic E-state index is -1.12. The molecule has 0 amide bonds. The van der Waals surface area contributed by atoms with Crippen LogP contribution in [0.1, 0.15) is 47.1 Å². The quantitative estimate of drug-likeness (QED) is 0.101. The Balaban J connectivity index is 0.953. The van der Waals surface area contributed by atoms with E-state index in [1.807, 2.05) is 146 Å². The van der Waals surface area contributed by atoms with Crippen molar-refractivity contribution in [3.05, 3.63) is 173 Å². The molecule has 5 unspecified atom stereocenters. The first-order valence-electron chi connectivity index (χ1n) is 22.5. The smallest absolute Gasteiger partial charge is 0.316 e. The van der Waals surface area contributed by atoms with Crippen LogP contribution in [0.3, 0.4) is 0 Å². The highest BCUT2D eigenvalue weighted by Crippen LogP contribution is 2.74. The van der Waals surface area contributed by atoms with E-state index < -0.39 is 66.3 Å². The lowest BCUT2D eigenvalue weighted by Gasteiger charge is -2.62. The summed E-state index contributed by atoms with van der Waals surface area (Å²) in [5.74, 6) is -2.02. The zero-order valence-corrected chi connectivity index (χ0v) is 35.6. The van der Waals surface area contributed by atoms with Gasteiger partial charge in [0.25, 0.3) is 0 Å². The van der Waals surface area contributed by atoms with Gasteiger partial charge in [-0.1, -0.05) is 140 Å². The minimum absolute atomic E-state index is 0.0795. The van der Waals surface area contributed by atoms with E-state index in [0.29, 0.717) is 25.4 Å². The van der Waals surface area contributed by atoms with Gasteiger partial charge < -0.3 is 42.6 Å². The summed E-state index contributed by atoms with van der Waals surface area (Å²) in [6.07, 6.45) is -5.84. The molecule has 6 aliphatic rings. The second-order valence-electron chi connectivity index (χ2n) is 18.1. The molecule has 11 heteroatoms. The van der Waals surface area contributed by atoms with E-state index in [1.165, 1.54) is 0 Å². The van der Waals surface area contributed by atoms with Gasteiger partial charge in [0.15, 0.2) is 12.4 Å². The Morgan fingerprint density at radius 2 is 1.19 bits per heavy atom. The maximum absolute atomic E-state index is 15.2. The molecule has 4 aliphatic heterocycles. The Hall–Kier alpha value is -5.40. The molecule has 0 radical (unpaired) electrons. The van der Waals surface area contributed by atoms with Gasteiger partial charge in [0, 0.05) is 17.8 Å². The molecule has 14 atom stereocenters. The van der Waals surface area contributed by atoms with Crippen molar-refractivity contribution < 1.29 is 52.2 Å². The molecular weight excluding hydrogens is 813 g/mol. The number of hydrogen-bond acceptors (Lipinski definition) is 11. The summed E-state index contributed by atoms with van der Waals surface area (Å²) in [4.78, 5) is 29.6. The Bertz CT molecular complexity index is 2380. The maximum atomic E-state index is 15.2. The van der Waals surface area contributed by atoms with Gasteiger partial charge in [-0.3, -0.25) is 9.59 Å². The van der Waals surface area contributed by atoms with Gasteiger partial charge in [0.2, 0.25) is 6.29 Å². The van der Waals surface area contributed by atoms with Crippen LogP contribution in [-0.2, 0) is 73.9 Å². The predicted molar refractivity (Wildman–Crippen MR) is 231 cm³/mol. The maximum Gasteiger partial charge on any atom is 0.316 e. The molecular formula is C53H52O11. The van der Waals surface area contributed by atoms with Gasteiger partial charge in [-0.25, -0.2) is 0 Å². The van der Waals surface area contributed by atoms with E-state index in [4.69, 9.17) is 42.6 Å². The van der Waals surface area contributed by atoms with Crippen LogP contribution in [0.2, 0.25) is 0 Å². The monoisotopic (exact) mass is 864 g/mol. The lowest BCUT2D eigenvalue weighted by molar-refractivity contribution is -0.379. The van der Waals surface area contributed by atoms with Crippen LogP contribution in [0.15, 0.2) is 146 Å². The molecule has 4 heterocycles. The third kappa shape index (κ3) is 7.42. The van der Waals surface area contributed by atoms with Crippen LogP contribution in [0, 0.1) is 29.1 Å². The molecule has 64 heavy (non-hydrogen) atoms. The summed E-state index contributed by atoms with van der Waals surface area (Å²) in [6.45, 7) is 3.51. The summed E-state index contributed by atoms with van der Waals surface area (Å²) in [5, 5.41) is 0. The highest BCUT2D eigenvalue weighted by Gasteiger charge is 2.83. The lowest BCUT2D eigenvalue weighted by Crippen LogP contribution is -2.72. The first kappa shape index (κ1) is 41.3. The third-order valence-electron chi connectivity index (χ3n) is 14.3.